The van der Waals surface area contributed by atoms with Crippen LogP contribution in [0.2, 0.25) is 0 Å². The maximum absolute atomic E-state index is 4.56. The van der Waals surface area contributed by atoms with Crippen LogP contribution in [0.4, 0.5) is 11.4 Å². The van der Waals surface area contributed by atoms with E-state index in [0.29, 0.717) is 0 Å². The van der Waals surface area contributed by atoms with Crippen LogP contribution in [-0.2, 0) is 6.54 Å². The fourth-order valence-corrected chi connectivity index (χ4v) is 3.61. The van der Waals surface area contributed by atoms with E-state index in [1.807, 2.05) is 0 Å². The minimum absolute atomic E-state index is 0.808. The molecule has 3 rings (SSSR count). The van der Waals surface area contributed by atoms with Crippen LogP contribution < -0.4 is 10.2 Å². The van der Waals surface area contributed by atoms with Crippen LogP contribution in [0.5, 0.6) is 0 Å². The third-order valence-electron chi connectivity index (χ3n) is 4.11. The zero-order valence-corrected chi connectivity index (χ0v) is 13.7. The van der Waals surface area contributed by atoms with Gasteiger partial charge < -0.3 is 10.2 Å². The molecule has 21 heavy (non-hydrogen) atoms. The molecule has 0 bridgehead atoms. The highest BCUT2D eigenvalue weighted by Gasteiger charge is 2.10. The van der Waals surface area contributed by atoms with E-state index < -0.39 is 0 Å². The fraction of sp³-hybridized carbons (Fsp3) is 0.471. The largest absolute Gasteiger partial charge is 0.379 e. The number of nitrogens with one attached hydrogen (secondary N) is 1. The van der Waals surface area contributed by atoms with E-state index in [9.17, 15) is 0 Å². The van der Waals surface area contributed by atoms with Gasteiger partial charge in [-0.3, -0.25) is 0 Å². The number of aryl methyl sites for hydroxylation is 2. The van der Waals surface area contributed by atoms with Crippen LogP contribution in [-0.4, -0.2) is 18.1 Å². The Balaban J connectivity index is 1.59. The normalized spacial score (nSPS) is 15.2. The molecule has 3 nitrogen and oxygen atoms in total. The van der Waals surface area contributed by atoms with Gasteiger partial charge in [-0.1, -0.05) is 0 Å². The number of hydrogen-bond acceptors (Lipinski definition) is 4. The van der Waals surface area contributed by atoms with Gasteiger partial charge in [-0.15, -0.1) is 11.3 Å². The minimum Gasteiger partial charge on any atom is -0.379 e. The van der Waals surface area contributed by atoms with E-state index in [0.717, 1.165) is 17.2 Å². The molecule has 0 amide bonds. The Labute approximate surface area is 131 Å². The number of anilines is 2. The number of piperidine rings is 1. The Hall–Kier alpha value is -1.55. The zero-order chi connectivity index (χ0) is 14.7. The van der Waals surface area contributed by atoms with Crippen LogP contribution >= 0.6 is 11.3 Å². The van der Waals surface area contributed by atoms with Gasteiger partial charge in [0, 0.05) is 29.3 Å². The first-order chi connectivity index (χ1) is 10.2. The van der Waals surface area contributed by atoms with Crippen LogP contribution in [0.25, 0.3) is 0 Å². The lowest BCUT2D eigenvalue weighted by molar-refractivity contribution is 0.578. The van der Waals surface area contributed by atoms with Crippen molar-refractivity contribution in [3.05, 3.63) is 39.8 Å². The molecule has 0 aliphatic carbocycles. The van der Waals surface area contributed by atoms with Crippen LogP contribution in [0.3, 0.4) is 0 Å². The van der Waals surface area contributed by atoms with Gasteiger partial charge in [-0.2, -0.15) is 0 Å². The summed E-state index contributed by atoms with van der Waals surface area (Å²) in [6, 6.07) is 8.81. The Morgan fingerprint density at radius 2 is 1.81 bits per heavy atom. The van der Waals surface area contributed by atoms with E-state index >= 15 is 0 Å². The number of benzene rings is 1. The molecule has 0 unspecified atom stereocenters. The maximum Gasteiger partial charge on any atom is 0.112 e. The summed E-state index contributed by atoms with van der Waals surface area (Å²) in [6.45, 7) is 7.41. The molecule has 2 aromatic rings. The predicted octanol–water partition coefficient (Wildman–Crippen LogP) is 4.36. The predicted molar refractivity (Wildman–Crippen MR) is 91.4 cm³/mol. The van der Waals surface area contributed by atoms with Gasteiger partial charge in [0.2, 0.25) is 0 Å². The van der Waals surface area contributed by atoms with Gasteiger partial charge in [0.25, 0.3) is 0 Å². The van der Waals surface area contributed by atoms with Crippen molar-refractivity contribution < 1.29 is 0 Å². The summed E-state index contributed by atoms with van der Waals surface area (Å²) in [4.78, 5) is 8.36. The molecule has 0 atom stereocenters. The maximum atomic E-state index is 4.56. The first-order valence-corrected chi connectivity index (χ1v) is 8.56. The number of thiazole rings is 1. The molecule has 1 saturated heterocycles. The topological polar surface area (TPSA) is 28.2 Å². The van der Waals surface area contributed by atoms with Gasteiger partial charge in [0.1, 0.15) is 5.01 Å². The second kappa shape index (κ2) is 6.48. The summed E-state index contributed by atoms with van der Waals surface area (Å²) >= 11 is 1.78. The fourth-order valence-electron chi connectivity index (χ4n) is 2.73. The number of nitrogens with zero attached hydrogens (tertiary/aromatic N) is 2. The van der Waals surface area contributed by atoms with E-state index in [1.165, 1.54) is 48.6 Å². The Morgan fingerprint density at radius 1 is 1.10 bits per heavy atom. The lowest BCUT2D eigenvalue weighted by Crippen LogP contribution is -2.29. The van der Waals surface area contributed by atoms with Crippen LogP contribution in [0.15, 0.2) is 24.3 Å². The van der Waals surface area contributed by atoms with Crippen molar-refractivity contribution >= 4 is 22.7 Å². The molecule has 2 heterocycles. The minimum atomic E-state index is 0.808. The molecule has 1 aromatic carbocycles. The molecular formula is C17H23N3S. The zero-order valence-electron chi connectivity index (χ0n) is 12.9. The van der Waals surface area contributed by atoms with Crippen molar-refractivity contribution in [2.45, 2.75) is 39.7 Å². The van der Waals surface area contributed by atoms with E-state index in [2.05, 4.69) is 53.3 Å². The van der Waals surface area contributed by atoms with Gasteiger partial charge in [-0.05, 0) is 57.4 Å². The molecule has 1 fully saturated rings. The Kier molecular flexibility index (Phi) is 4.44. The Morgan fingerprint density at radius 3 is 2.43 bits per heavy atom. The van der Waals surface area contributed by atoms with Crippen molar-refractivity contribution in [2.75, 3.05) is 23.3 Å². The van der Waals surface area contributed by atoms with Crippen LogP contribution in [0, 0.1) is 13.8 Å². The second-order valence-electron chi connectivity index (χ2n) is 5.70. The standard InChI is InChI=1S/C17H23N3S/c1-13-14(2)21-17(19-13)12-18-15-6-8-16(9-7-15)20-10-4-3-5-11-20/h6-9,18H,3-5,10-12H2,1-2H3. The molecular weight excluding hydrogens is 278 g/mol. The molecule has 0 radical (unpaired) electrons. The molecule has 0 spiro atoms. The SMILES string of the molecule is Cc1nc(CNc2ccc(N3CCCCC3)cc2)sc1C. The number of aromatic nitrogens is 1. The summed E-state index contributed by atoms with van der Waals surface area (Å²) < 4.78 is 0. The molecule has 112 valence electrons. The van der Waals surface area contributed by atoms with E-state index in [1.54, 1.807) is 11.3 Å². The molecule has 1 aliphatic heterocycles. The van der Waals surface area contributed by atoms with Crippen molar-refractivity contribution in [1.29, 1.82) is 0 Å². The van der Waals surface area contributed by atoms with Crippen molar-refractivity contribution in [2.24, 2.45) is 0 Å². The quantitative estimate of drug-likeness (QED) is 0.909. The molecule has 1 aromatic heterocycles. The molecule has 0 saturated carbocycles. The highest BCUT2D eigenvalue weighted by molar-refractivity contribution is 7.11. The second-order valence-corrected chi connectivity index (χ2v) is 6.99. The summed E-state index contributed by atoms with van der Waals surface area (Å²) in [5, 5.41) is 4.62. The smallest absolute Gasteiger partial charge is 0.112 e. The van der Waals surface area contributed by atoms with Crippen molar-refractivity contribution in [1.82, 2.24) is 4.98 Å². The van der Waals surface area contributed by atoms with Crippen molar-refractivity contribution in [3.63, 3.8) is 0 Å². The lowest BCUT2D eigenvalue weighted by atomic mass is 10.1. The van der Waals surface area contributed by atoms with Gasteiger partial charge >= 0.3 is 0 Å². The van der Waals surface area contributed by atoms with Gasteiger partial charge in [0.05, 0.1) is 12.2 Å². The highest BCUT2D eigenvalue weighted by atomic mass is 32.1. The van der Waals surface area contributed by atoms with E-state index in [4.69, 9.17) is 0 Å². The first kappa shape index (κ1) is 14.4. The lowest BCUT2D eigenvalue weighted by Gasteiger charge is -2.28. The third kappa shape index (κ3) is 3.56. The average molecular weight is 301 g/mol. The van der Waals surface area contributed by atoms with Crippen molar-refractivity contribution in [3.8, 4) is 0 Å². The summed E-state index contributed by atoms with van der Waals surface area (Å²) in [7, 11) is 0. The third-order valence-corrected chi connectivity index (χ3v) is 5.18. The number of hydrogen-bond donors (Lipinski definition) is 1. The molecule has 4 heteroatoms. The summed E-state index contributed by atoms with van der Waals surface area (Å²) in [5.74, 6) is 0. The van der Waals surface area contributed by atoms with E-state index in [-0.39, 0.29) is 0 Å². The first-order valence-electron chi connectivity index (χ1n) is 7.74. The summed E-state index contributed by atoms with van der Waals surface area (Å²) in [6.07, 6.45) is 4.02. The highest BCUT2D eigenvalue weighted by Crippen LogP contribution is 2.23. The summed E-state index contributed by atoms with van der Waals surface area (Å²) in [5.41, 5.74) is 3.67. The number of rotatable bonds is 4. The monoisotopic (exact) mass is 301 g/mol. The average Bonchev–Trinajstić information content (AvgIpc) is 2.85. The molecule has 1 aliphatic rings. The van der Waals surface area contributed by atoms with Gasteiger partial charge in [0.15, 0.2) is 0 Å². The van der Waals surface area contributed by atoms with Crippen LogP contribution in [0.1, 0.15) is 34.8 Å². The van der Waals surface area contributed by atoms with Gasteiger partial charge in [-0.25, -0.2) is 4.98 Å². The molecule has 1 N–H and O–H groups in total. The Bertz CT molecular complexity index is 563.